The SMILES string of the molecule is CC(=O)n1cc(/C=C2\N=C(c3ccc(Br)cc3)OC2=O)c2ccccc21. The number of rotatable bonds is 2. The van der Waals surface area contributed by atoms with Gasteiger partial charge in [-0.25, -0.2) is 9.79 Å². The van der Waals surface area contributed by atoms with Gasteiger partial charge in [-0.15, -0.1) is 0 Å². The summed E-state index contributed by atoms with van der Waals surface area (Å²) in [6.45, 7) is 1.50. The standard InChI is InChI=1S/C20H13BrN2O3/c1-12(24)23-11-14(16-4-2-3-5-18(16)23)10-17-20(25)26-19(22-17)13-6-8-15(21)9-7-13/h2-11H,1H3/b17-10-. The van der Waals surface area contributed by atoms with Gasteiger partial charge < -0.3 is 4.74 Å². The molecule has 5 nitrogen and oxygen atoms in total. The molecule has 26 heavy (non-hydrogen) atoms. The second-order valence-corrected chi connectivity index (χ2v) is 6.75. The normalized spacial score (nSPS) is 15.4. The smallest absolute Gasteiger partial charge is 0.363 e. The Bertz CT molecular complexity index is 1110. The van der Waals surface area contributed by atoms with Gasteiger partial charge >= 0.3 is 5.97 Å². The van der Waals surface area contributed by atoms with Crippen LogP contribution in [-0.2, 0) is 9.53 Å². The summed E-state index contributed by atoms with van der Waals surface area (Å²) in [5, 5.41) is 0.871. The van der Waals surface area contributed by atoms with Crippen molar-refractivity contribution in [3.8, 4) is 0 Å². The maximum Gasteiger partial charge on any atom is 0.363 e. The number of esters is 1. The van der Waals surface area contributed by atoms with Gasteiger partial charge in [0.2, 0.25) is 11.8 Å². The van der Waals surface area contributed by atoms with Crippen LogP contribution in [0.2, 0.25) is 0 Å². The molecule has 0 saturated heterocycles. The van der Waals surface area contributed by atoms with E-state index in [0.717, 1.165) is 26.5 Å². The number of aromatic nitrogens is 1. The Hall–Kier alpha value is -2.99. The van der Waals surface area contributed by atoms with Crippen molar-refractivity contribution in [2.45, 2.75) is 6.92 Å². The van der Waals surface area contributed by atoms with Gasteiger partial charge in [0.1, 0.15) is 0 Å². The highest BCUT2D eigenvalue weighted by Crippen LogP contribution is 2.26. The Labute approximate surface area is 157 Å². The van der Waals surface area contributed by atoms with E-state index in [2.05, 4.69) is 20.9 Å². The third-order valence-corrected chi connectivity index (χ3v) is 4.61. The molecule has 0 saturated carbocycles. The van der Waals surface area contributed by atoms with E-state index in [0.29, 0.717) is 0 Å². The molecule has 0 fully saturated rings. The minimum atomic E-state index is -0.512. The first kappa shape index (κ1) is 16.5. The molecule has 0 atom stereocenters. The van der Waals surface area contributed by atoms with Crippen LogP contribution in [0.5, 0.6) is 0 Å². The molecule has 2 aromatic carbocycles. The number of carbonyl (C=O) groups excluding carboxylic acids is 2. The summed E-state index contributed by atoms with van der Waals surface area (Å²) in [4.78, 5) is 28.4. The first-order valence-corrected chi connectivity index (χ1v) is 8.72. The molecule has 1 aliphatic rings. The van der Waals surface area contributed by atoms with Crippen LogP contribution >= 0.6 is 15.9 Å². The Morgan fingerprint density at radius 3 is 2.62 bits per heavy atom. The average Bonchev–Trinajstić information content (AvgIpc) is 3.18. The number of hydrogen-bond acceptors (Lipinski definition) is 4. The largest absolute Gasteiger partial charge is 0.402 e. The molecule has 1 aromatic heterocycles. The van der Waals surface area contributed by atoms with Crippen LogP contribution in [0.15, 0.2) is 69.9 Å². The number of cyclic esters (lactones) is 1. The minimum absolute atomic E-state index is 0.0982. The highest BCUT2D eigenvalue weighted by atomic mass is 79.9. The Balaban J connectivity index is 1.79. The number of carbonyl (C=O) groups is 2. The van der Waals surface area contributed by atoms with Gasteiger partial charge in [-0.1, -0.05) is 34.1 Å². The summed E-state index contributed by atoms with van der Waals surface area (Å²) in [7, 11) is 0. The van der Waals surface area contributed by atoms with Crippen LogP contribution in [0, 0.1) is 0 Å². The second kappa shape index (κ2) is 6.38. The van der Waals surface area contributed by atoms with Gasteiger partial charge in [0.05, 0.1) is 5.52 Å². The molecule has 0 aliphatic carbocycles. The van der Waals surface area contributed by atoms with Crippen molar-refractivity contribution >= 4 is 50.7 Å². The fourth-order valence-corrected chi connectivity index (χ4v) is 3.12. The van der Waals surface area contributed by atoms with E-state index >= 15 is 0 Å². The summed E-state index contributed by atoms with van der Waals surface area (Å²) in [5.74, 6) is -0.342. The first-order valence-electron chi connectivity index (χ1n) is 7.92. The summed E-state index contributed by atoms with van der Waals surface area (Å²) < 4.78 is 7.78. The van der Waals surface area contributed by atoms with E-state index in [4.69, 9.17) is 4.74 Å². The van der Waals surface area contributed by atoms with E-state index in [-0.39, 0.29) is 17.5 Å². The molecule has 0 unspecified atom stereocenters. The molecule has 6 heteroatoms. The highest BCUT2D eigenvalue weighted by molar-refractivity contribution is 9.10. The maximum absolute atomic E-state index is 12.2. The third-order valence-electron chi connectivity index (χ3n) is 4.09. The topological polar surface area (TPSA) is 60.7 Å². The van der Waals surface area contributed by atoms with Gasteiger partial charge in [-0.2, -0.15) is 0 Å². The lowest BCUT2D eigenvalue weighted by molar-refractivity contribution is -0.129. The lowest BCUT2D eigenvalue weighted by atomic mass is 10.1. The molecule has 128 valence electrons. The third kappa shape index (κ3) is 2.88. The zero-order valence-corrected chi connectivity index (χ0v) is 15.4. The van der Waals surface area contributed by atoms with Crippen LogP contribution in [0.1, 0.15) is 22.8 Å². The summed E-state index contributed by atoms with van der Waals surface area (Å²) in [6.07, 6.45) is 3.36. The number of aliphatic imine (C=N–C) groups is 1. The minimum Gasteiger partial charge on any atom is -0.402 e. The molecular formula is C20H13BrN2O3. The van der Waals surface area contributed by atoms with Crippen molar-refractivity contribution in [2.24, 2.45) is 4.99 Å². The van der Waals surface area contributed by atoms with E-state index in [1.165, 1.54) is 6.92 Å². The summed E-state index contributed by atoms with van der Waals surface area (Å²) >= 11 is 3.37. The van der Waals surface area contributed by atoms with Crippen molar-refractivity contribution in [3.63, 3.8) is 0 Å². The summed E-state index contributed by atoms with van der Waals surface area (Å²) in [6, 6.07) is 14.9. The maximum atomic E-state index is 12.2. The molecule has 0 bridgehead atoms. The predicted octanol–water partition coefficient (Wildman–Crippen LogP) is 4.41. The van der Waals surface area contributed by atoms with Crippen molar-refractivity contribution in [1.29, 1.82) is 0 Å². The molecule has 2 heterocycles. The molecular weight excluding hydrogens is 396 g/mol. The molecule has 0 spiro atoms. The quantitative estimate of drug-likeness (QED) is 0.466. The van der Waals surface area contributed by atoms with E-state index in [9.17, 15) is 9.59 Å². The monoisotopic (exact) mass is 408 g/mol. The predicted molar refractivity (Wildman–Crippen MR) is 103 cm³/mol. The van der Waals surface area contributed by atoms with Crippen LogP contribution in [0.4, 0.5) is 0 Å². The van der Waals surface area contributed by atoms with Gasteiger partial charge in [0.25, 0.3) is 0 Å². The lowest BCUT2D eigenvalue weighted by Crippen LogP contribution is -2.05. The number of ether oxygens (including phenoxy) is 1. The first-order chi connectivity index (χ1) is 12.5. The Morgan fingerprint density at radius 2 is 1.88 bits per heavy atom. The van der Waals surface area contributed by atoms with Crippen molar-refractivity contribution < 1.29 is 14.3 Å². The molecule has 3 aromatic rings. The molecule has 1 aliphatic heterocycles. The fraction of sp³-hybridized carbons (Fsp3) is 0.0500. The van der Waals surface area contributed by atoms with E-state index < -0.39 is 5.97 Å². The molecule has 0 N–H and O–H groups in total. The molecule has 0 amide bonds. The number of para-hydroxylation sites is 1. The average molecular weight is 409 g/mol. The number of hydrogen-bond donors (Lipinski definition) is 0. The van der Waals surface area contributed by atoms with Gasteiger partial charge in [-0.3, -0.25) is 9.36 Å². The Kier molecular flexibility index (Phi) is 4.05. The zero-order chi connectivity index (χ0) is 18.3. The van der Waals surface area contributed by atoms with Gasteiger partial charge in [0.15, 0.2) is 5.70 Å². The number of fused-ring (bicyclic) bond motifs is 1. The second-order valence-electron chi connectivity index (χ2n) is 5.83. The van der Waals surface area contributed by atoms with Crippen LogP contribution < -0.4 is 0 Å². The number of benzene rings is 2. The van der Waals surface area contributed by atoms with Gasteiger partial charge in [0, 0.05) is 34.1 Å². The van der Waals surface area contributed by atoms with Crippen molar-refractivity contribution in [3.05, 3.63) is 76.0 Å². The fourth-order valence-electron chi connectivity index (χ4n) is 2.85. The summed E-state index contributed by atoms with van der Waals surface area (Å²) in [5.41, 5.74) is 2.45. The molecule has 4 rings (SSSR count). The zero-order valence-electron chi connectivity index (χ0n) is 13.8. The van der Waals surface area contributed by atoms with Crippen LogP contribution in [0.25, 0.3) is 17.0 Å². The van der Waals surface area contributed by atoms with Crippen LogP contribution in [-0.4, -0.2) is 22.3 Å². The van der Waals surface area contributed by atoms with Crippen LogP contribution in [0.3, 0.4) is 0 Å². The van der Waals surface area contributed by atoms with Crippen molar-refractivity contribution in [1.82, 2.24) is 4.57 Å². The number of halogens is 1. The number of nitrogens with zero attached hydrogens (tertiary/aromatic N) is 2. The van der Waals surface area contributed by atoms with E-state index in [1.54, 1.807) is 16.8 Å². The lowest BCUT2D eigenvalue weighted by Gasteiger charge is -1.98. The van der Waals surface area contributed by atoms with Crippen molar-refractivity contribution in [2.75, 3.05) is 0 Å². The highest BCUT2D eigenvalue weighted by Gasteiger charge is 2.24. The van der Waals surface area contributed by atoms with E-state index in [1.807, 2.05) is 48.5 Å². The Morgan fingerprint density at radius 1 is 1.15 bits per heavy atom. The van der Waals surface area contributed by atoms with Gasteiger partial charge in [-0.05, 0) is 36.4 Å². The molecule has 0 radical (unpaired) electrons.